The maximum atomic E-state index is 9.94. The van der Waals surface area contributed by atoms with Crippen LogP contribution in [0.5, 0.6) is 11.5 Å². The molecule has 0 amide bonds. The lowest BCUT2D eigenvalue weighted by Gasteiger charge is -2.04. The number of anilines is 1. The number of hydrogen-bond acceptors (Lipinski definition) is 6. The Morgan fingerprint density at radius 3 is 2.90 bits per heavy atom. The van der Waals surface area contributed by atoms with Gasteiger partial charge in [0, 0.05) is 5.56 Å². The molecular weight excluding hydrogens is 286 g/mol. The van der Waals surface area contributed by atoms with Gasteiger partial charge in [0.05, 0.1) is 23.5 Å². The van der Waals surface area contributed by atoms with Crippen LogP contribution < -0.4 is 10.2 Å². The van der Waals surface area contributed by atoms with Crippen molar-refractivity contribution >= 4 is 32.9 Å². The predicted molar refractivity (Wildman–Crippen MR) is 85.5 cm³/mol. The van der Waals surface area contributed by atoms with E-state index in [9.17, 15) is 5.11 Å². The molecule has 6 heteroatoms. The zero-order valence-corrected chi connectivity index (χ0v) is 12.1. The quantitative estimate of drug-likeness (QED) is 0.572. The van der Waals surface area contributed by atoms with E-state index in [4.69, 9.17) is 4.74 Å². The van der Waals surface area contributed by atoms with Crippen LogP contribution in [0.15, 0.2) is 47.6 Å². The third-order valence-corrected chi connectivity index (χ3v) is 3.85. The normalized spacial score (nSPS) is 11.1. The van der Waals surface area contributed by atoms with E-state index >= 15 is 0 Å². The van der Waals surface area contributed by atoms with Crippen molar-refractivity contribution in [3.05, 3.63) is 48.0 Å². The summed E-state index contributed by atoms with van der Waals surface area (Å²) in [4.78, 5) is 4.41. The van der Waals surface area contributed by atoms with Crippen LogP contribution in [-0.4, -0.2) is 23.4 Å². The number of hydrogen-bond donors (Lipinski definition) is 2. The summed E-state index contributed by atoms with van der Waals surface area (Å²) in [6.07, 6.45) is 1.53. The minimum atomic E-state index is 0.0647. The Hall–Kier alpha value is -2.60. The van der Waals surface area contributed by atoms with Gasteiger partial charge in [0.2, 0.25) is 5.13 Å². The van der Waals surface area contributed by atoms with Crippen LogP contribution in [0, 0.1) is 0 Å². The second kappa shape index (κ2) is 5.80. The standard InChI is InChI=1S/C15H13N3O2S/c1-20-12-7-4-5-10(14(12)19)9-16-18-15-17-11-6-2-3-8-13(11)21-15/h2-9,19H,1H3,(H,17,18). The molecule has 0 radical (unpaired) electrons. The summed E-state index contributed by atoms with van der Waals surface area (Å²) in [5.41, 5.74) is 4.38. The molecule has 3 rings (SSSR count). The predicted octanol–water partition coefficient (Wildman–Crippen LogP) is 3.46. The maximum Gasteiger partial charge on any atom is 0.204 e. The van der Waals surface area contributed by atoms with Gasteiger partial charge in [0.15, 0.2) is 11.5 Å². The van der Waals surface area contributed by atoms with E-state index in [1.807, 2.05) is 24.3 Å². The first-order chi connectivity index (χ1) is 10.3. The average Bonchev–Trinajstić information content (AvgIpc) is 2.91. The molecule has 0 saturated heterocycles. The van der Waals surface area contributed by atoms with Crippen molar-refractivity contribution in [1.29, 1.82) is 0 Å². The molecule has 0 fully saturated rings. The fraction of sp³-hybridized carbons (Fsp3) is 0.0667. The Kier molecular flexibility index (Phi) is 3.70. The van der Waals surface area contributed by atoms with Gasteiger partial charge in [0.1, 0.15) is 0 Å². The fourth-order valence-corrected chi connectivity index (χ4v) is 2.70. The third kappa shape index (κ3) is 2.80. The second-order valence-corrected chi connectivity index (χ2v) is 5.29. The number of fused-ring (bicyclic) bond motifs is 1. The molecule has 21 heavy (non-hydrogen) atoms. The van der Waals surface area contributed by atoms with Gasteiger partial charge in [-0.3, -0.25) is 5.43 Å². The van der Waals surface area contributed by atoms with E-state index in [2.05, 4.69) is 15.5 Å². The minimum Gasteiger partial charge on any atom is -0.504 e. The van der Waals surface area contributed by atoms with Crippen molar-refractivity contribution in [2.24, 2.45) is 5.10 Å². The molecule has 5 nitrogen and oxygen atoms in total. The summed E-state index contributed by atoms with van der Waals surface area (Å²) in [5, 5.41) is 14.7. The van der Waals surface area contributed by atoms with Gasteiger partial charge in [0.25, 0.3) is 0 Å². The first-order valence-corrected chi connectivity index (χ1v) is 7.10. The number of phenols is 1. The van der Waals surface area contributed by atoms with Gasteiger partial charge in [-0.2, -0.15) is 5.10 Å². The van der Waals surface area contributed by atoms with Crippen LogP contribution in [0.1, 0.15) is 5.56 Å². The number of hydrazone groups is 1. The Labute approximate surface area is 125 Å². The number of ether oxygens (including phenoxy) is 1. The molecule has 2 N–H and O–H groups in total. The van der Waals surface area contributed by atoms with Crippen molar-refractivity contribution in [1.82, 2.24) is 4.98 Å². The molecule has 0 saturated carbocycles. The number of phenolic OH excluding ortho intramolecular Hbond substituents is 1. The number of nitrogens with zero attached hydrogens (tertiary/aromatic N) is 2. The molecule has 106 valence electrons. The van der Waals surface area contributed by atoms with Gasteiger partial charge < -0.3 is 9.84 Å². The van der Waals surface area contributed by atoms with Crippen molar-refractivity contribution < 1.29 is 9.84 Å². The topological polar surface area (TPSA) is 66.7 Å². The van der Waals surface area contributed by atoms with E-state index in [1.165, 1.54) is 24.7 Å². The van der Waals surface area contributed by atoms with E-state index in [0.29, 0.717) is 16.4 Å². The SMILES string of the molecule is COc1cccc(C=NNc2nc3ccccc3s2)c1O. The monoisotopic (exact) mass is 299 g/mol. The molecule has 0 unspecified atom stereocenters. The summed E-state index contributed by atoms with van der Waals surface area (Å²) < 4.78 is 6.14. The summed E-state index contributed by atoms with van der Waals surface area (Å²) >= 11 is 1.52. The second-order valence-electron chi connectivity index (χ2n) is 4.25. The first-order valence-electron chi connectivity index (χ1n) is 6.28. The summed E-state index contributed by atoms with van der Waals surface area (Å²) in [6.45, 7) is 0. The van der Waals surface area contributed by atoms with Gasteiger partial charge in [-0.15, -0.1) is 0 Å². The molecule has 0 aliphatic carbocycles. The number of aromatic nitrogens is 1. The number of nitrogens with one attached hydrogen (secondary N) is 1. The van der Waals surface area contributed by atoms with Crippen molar-refractivity contribution in [3.63, 3.8) is 0 Å². The molecule has 0 spiro atoms. The summed E-state index contributed by atoms with van der Waals surface area (Å²) in [6, 6.07) is 13.1. The molecule has 1 aromatic heterocycles. The summed E-state index contributed by atoms with van der Waals surface area (Å²) in [5.74, 6) is 0.480. The highest BCUT2D eigenvalue weighted by Crippen LogP contribution is 2.28. The first kappa shape index (κ1) is 13.4. The molecule has 0 bridgehead atoms. The molecule has 0 aliphatic heterocycles. The van der Waals surface area contributed by atoms with Gasteiger partial charge in [-0.1, -0.05) is 29.5 Å². The summed E-state index contributed by atoms with van der Waals surface area (Å²) in [7, 11) is 1.51. The lowest BCUT2D eigenvalue weighted by atomic mass is 10.2. The lowest BCUT2D eigenvalue weighted by molar-refractivity contribution is 0.373. The van der Waals surface area contributed by atoms with E-state index < -0.39 is 0 Å². The van der Waals surface area contributed by atoms with Crippen LogP contribution >= 0.6 is 11.3 Å². The molecular formula is C15H13N3O2S. The smallest absolute Gasteiger partial charge is 0.204 e. The van der Waals surface area contributed by atoms with Gasteiger partial charge in [-0.25, -0.2) is 4.98 Å². The van der Waals surface area contributed by atoms with E-state index in [-0.39, 0.29) is 5.75 Å². The average molecular weight is 299 g/mol. The Morgan fingerprint density at radius 1 is 1.24 bits per heavy atom. The highest BCUT2D eigenvalue weighted by Gasteiger charge is 2.05. The third-order valence-electron chi connectivity index (χ3n) is 2.91. The zero-order valence-electron chi connectivity index (χ0n) is 11.3. The van der Waals surface area contributed by atoms with Crippen LogP contribution in [-0.2, 0) is 0 Å². The van der Waals surface area contributed by atoms with Crippen molar-refractivity contribution in [2.45, 2.75) is 0 Å². The van der Waals surface area contributed by atoms with Crippen LogP contribution in [0.4, 0.5) is 5.13 Å². The lowest BCUT2D eigenvalue weighted by Crippen LogP contribution is -1.92. The largest absolute Gasteiger partial charge is 0.504 e. The van der Waals surface area contributed by atoms with Crippen molar-refractivity contribution in [3.8, 4) is 11.5 Å². The van der Waals surface area contributed by atoms with E-state index in [0.717, 1.165) is 10.2 Å². The van der Waals surface area contributed by atoms with Crippen LogP contribution in [0.3, 0.4) is 0 Å². The van der Waals surface area contributed by atoms with Gasteiger partial charge in [-0.05, 0) is 24.3 Å². The molecule has 1 heterocycles. The molecule has 2 aromatic carbocycles. The zero-order chi connectivity index (χ0) is 14.7. The highest BCUT2D eigenvalue weighted by atomic mass is 32.1. The number of thiazole rings is 1. The van der Waals surface area contributed by atoms with Crippen molar-refractivity contribution in [2.75, 3.05) is 12.5 Å². The maximum absolute atomic E-state index is 9.94. The van der Waals surface area contributed by atoms with Gasteiger partial charge >= 0.3 is 0 Å². The highest BCUT2D eigenvalue weighted by molar-refractivity contribution is 7.22. The Bertz CT molecular complexity index is 765. The minimum absolute atomic E-state index is 0.0647. The molecule has 0 atom stereocenters. The number of methoxy groups -OCH3 is 1. The number of para-hydroxylation sites is 2. The Balaban J connectivity index is 1.78. The molecule has 3 aromatic rings. The Morgan fingerprint density at radius 2 is 2.10 bits per heavy atom. The fourth-order valence-electron chi connectivity index (χ4n) is 1.89. The van der Waals surface area contributed by atoms with Crippen LogP contribution in [0.2, 0.25) is 0 Å². The van der Waals surface area contributed by atoms with Crippen LogP contribution in [0.25, 0.3) is 10.2 Å². The molecule has 0 aliphatic rings. The number of rotatable bonds is 4. The number of benzene rings is 2. The van der Waals surface area contributed by atoms with E-state index in [1.54, 1.807) is 18.2 Å². The number of aromatic hydroxyl groups is 1.